The molecule has 0 fully saturated rings. The van der Waals surface area contributed by atoms with Gasteiger partial charge in [-0.05, 0) is 6.92 Å². The molecule has 0 aliphatic rings. The van der Waals surface area contributed by atoms with Crippen LogP contribution in [0.2, 0.25) is 0 Å². The second-order valence-electron chi connectivity index (χ2n) is 1.69. The molecule has 0 saturated heterocycles. The minimum absolute atomic E-state index is 1.10. The molecule has 0 aliphatic heterocycles. The van der Waals surface area contributed by atoms with Gasteiger partial charge in [0, 0.05) is 0 Å². The van der Waals surface area contributed by atoms with Gasteiger partial charge in [-0.3, -0.25) is 4.79 Å². The lowest BCUT2D eigenvalue weighted by Crippen LogP contribution is -2.42. The lowest BCUT2D eigenvalue weighted by Gasteiger charge is -2.11. The van der Waals surface area contributed by atoms with E-state index in [0.29, 0.717) is 0 Å². The summed E-state index contributed by atoms with van der Waals surface area (Å²) in [5.74, 6) is -1.28. The fraction of sp³-hybridized carbons (Fsp3) is 0.750. The topological polar surface area (TPSA) is 89.8 Å². The molecule has 0 aromatic rings. The molecule has 0 radical (unpaired) electrons. The zero-order valence-corrected chi connectivity index (χ0v) is 4.90. The van der Waals surface area contributed by atoms with Gasteiger partial charge in [0.15, 0.2) is 6.04 Å². The highest BCUT2D eigenvalue weighted by Crippen LogP contribution is 1.89. The highest BCUT2D eigenvalue weighted by atomic mass is 16.5. The molecule has 5 nitrogen and oxygen atoms in total. The fourth-order valence-corrected chi connectivity index (χ4v) is 0.369. The summed E-state index contributed by atoms with van der Waals surface area (Å²) in [6, 6.07) is -1.30. The standard InChI is InChI=1S/C4H9NO4/c1-2(6)3(5-9)4(7)8/h2-3,5-6,9H,1H3,(H,7,8). The van der Waals surface area contributed by atoms with Crippen LogP contribution in [0.25, 0.3) is 0 Å². The van der Waals surface area contributed by atoms with Crippen molar-refractivity contribution in [2.24, 2.45) is 0 Å². The van der Waals surface area contributed by atoms with E-state index in [1.54, 1.807) is 0 Å². The molecule has 4 N–H and O–H groups in total. The first-order valence-electron chi connectivity index (χ1n) is 2.40. The number of carboxylic acids is 1. The predicted octanol–water partition coefficient (Wildman–Crippen LogP) is -1.20. The van der Waals surface area contributed by atoms with Crippen molar-refractivity contribution in [3.8, 4) is 0 Å². The van der Waals surface area contributed by atoms with Crippen LogP contribution in [0, 0.1) is 0 Å². The lowest BCUT2D eigenvalue weighted by molar-refractivity contribution is -0.145. The van der Waals surface area contributed by atoms with E-state index in [1.165, 1.54) is 12.4 Å². The molecule has 0 bridgehead atoms. The molecule has 0 amide bonds. The van der Waals surface area contributed by atoms with E-state index in [2.05, 4.69) is 0 Å². The molecular weight excluding hydrogens is 126 g/mol. The van der Waals surface area contributed by atoms with E-state index in [4.69, 9.17) is 15.4 Å². The number of aliphatic hydroxyl groups is 1. The average molecular weight is 135 g/mol. The van der Waals surface area contributed by atoms with Gasteiger partial charge in [-0.15, -0.1) is 0 Å². The van der Waals surface area contributed by atoms with Crippen molar-refractivity contribution in [2.75, 3.05) is 0 Å². The molecule has 9 heavy (non-hydrogen) atoms. The minimum Gasteiger partial charge on any atom is -0.480 e. The van der Waals surface area contributed by atoms with Crippen LogP contribution in [0.1, 0.15) is 6.92 Å². The summed E-state index contributed by atoms with van der Waals surface area (Å²) in [5, 5.41) is 24.8. The van der Waals surface area contributed by atoms with E-state index >= 15 is 0 Å². The van der Waals surface area contributed by atoms with Crippen molar-refractivity contribution in [3.63, 3.8) is 0 Å². The van der Waals surface area contributed by atoms with Gasteiger partial charge >= 0.3 is 5.97 Å². The van der Waals surface area contributed by atoms with Crippen molar-refractivity contribution in [1.29, 1.82) is 0 Å². The fourth-order valence-electron chi connectivity index (χ4n) is 0.369. The molecule has 0 aliphatic carbocycles. The summed E-state index contributed by atoms with van der Waals surface area (Å²) in [6.45, 7) is 1.27. The van der Waals surface area contributed by atoms with E-state index in [9.17, 15) is 4.79 Å². The first-order valence-corrected chi connectivity index (χ1v) is 2.40. The smallest absolute Gasteiger partial charge is 0.325 e. The van der Waals surface area contributed by atoms with E-state index in [-0.39, 0.29) is 0 Å². The Morgan fingerprint density at radius 2 is 2.11 bits per heavy atom. The Morgan fingerprint density at radius 1 is 1.67 bits per heavy atom. The number of carboxylic acid groups (broad SMARTS) is 1. The van der Waals surface area contributed by atoms with Crippen LogP contribution in [-0.2, 0) is 4.79 Å². The van der Waals surface area contributed by atoms with Crippen molar-refractivity contribution >= 4 is 5.97 Å². The van der Waals surface area contributed by atoms with Crippen LogP contribution >= 0.6 is 0 Å². The van der Waals surface area contributed by atoms with Gasteiger partial charge < -0.3 is 15.4 Å². The first-order chi connectivity index (χ1) is 4.09. The van der Waals surface area contributed by atoms with Gasteiger partial charge in [-0.25, -0.2) is 0 Å². The van der Waals surface area contributed by atoms with Crippen LogP contribution in [-0.4, -0.2) is 33.5 Å². The summed E-state index contributed by atoms with van der Waals surface area (Å²) in [5.41, 5.74) is 1.45. The third kappa shape index (κ3) is 2.41. The number of rotatable bonds is 3. The average Bonchev–Trinajstić information content (AvgIpc) is 1.64. The number of aliphatic hydroxyl groups excluding tert-OH is 1. The lowest BCUT2D eigenvalue weighted by atomic mass is 10.2. The second-order valence-corrected chi connectivity index (χ2v) is 1.69. The molecule has 0 spiro atoms. The summed E-state index contributed by atoms with van der Waals surface area (Å²) in [7, 11) is 0. The quantitative estimate of drug-likeness (QED) is 0.365. The maximum absolute atomic E-state index is 9.99. The number of carbonyl (C=O) groups is 1. The summed E-state index contributed by atoms with van der Waals surface area (Å²) in [4.78, 5) is 9.99. The SMILES string of the molecule is CC(O)C(NO)C(=O)O. The highest BCUT2D eigenvalue weighted by molar-refractivity contribution is 5.73. The van der Waals surface area contributed by atoms with Gasteiger partial charge in [0.05, 0.1) is 6.10 Å². The van der Waals surface area contributed by atoms with Crippen molar-refractivity contribution in [2.45, 2.75) is 19.1 Å². The normalized spacial score (nSPS) is 16.8. The summed E-state index contributed by atoms with van der Waals surface area (Å²) < 4.78 is 0. The third-order valence-corrected chi connectivity index (χ3v) is 0.888. The van der Waals surface area contributed by atoms with Crippen LogP contribution in [0.5, 0.6) is 0 Å². The van der Waals surface area contributed by atoms with Gasteiger partial charge in [0.2, 0.25) is 0 Å². The van der Waals surface area contributed by atoms with Crippen LogP contribution in [0.15, 0.2) is 0 Å². The van der Waals surface area contributed by atoms with Crippen molar-refractivity contribution in [1.82, 2.24) is 5.48 Å². The van der Waals surface area contributed by atoms with Gasteiger partial charge in [0.1, 0.15) is 0 Å². The van der Waals surface area contributed by atoms with Gasteiger partial charge in [-0.2, -0.15) is 5.48 Å². The van der Waals surface area contributed by atoms with Crippen LogP contribution in [0.4, 0.5) is 0 Å². The largest absolute Gasteiger partial charge is 0.480 e. The summed E-state index contributed by atoms with van der Waals surface area (Å²) in [6.07, 6.45) is -1.10. The molecular formula is C4H9NO4. The Labute approximate surface area is 51.9 Å². The molecule has 2 unspecified atom stereocenters. The molecule has 54 valence electrons. The minimum atomic E-state index is -1.30. The Hall–Kier alpha value is -0.650. The van der Waals surface area contributed by atoms with E-state index in [0.717, 1.165) is 0 Å². The summed E-state index contributed by atoms with van der Waals surface area (Å²) >= 11 is 0. The number of nitrogens with one attached hydrogen (secondary N) is 1. The monoisotopic (exact) mass is 135 g/mol. The molecule has 5 heteroatoms. The van der Waals surface area contributed by atoms with Crippen molar-refractivity contribution in [3.05, 3.63) is 0 Å². The number of aliphatic carboxylic acids is 1. The Morgan fingerprint density at radius 3 is 2.11 bits per heavy atom. The highest BCUT2D eigenvalue weighted by Gasteiger charge is 2.21. The van der Waals surface area contributed by atoms with Gasteiger partial charge in [0.25, 0.3) is 0 Å². The molecule has 0 saturated carbocycles. The van der Waals surface area contributed by atoms with Crippen LogP contribution in [0.3, 0.4) is 0 Å². The molecule has 0 aromatic carbocycles. The molecule has 2 atom stereocenters. The molecule has 0 aromatic heterocycles. The van der Waals surface area contributed by atoms with Crippen LogP contribution < -0.4 is 5.48 Å². The Bertz CT molecular complexity index is 103. The maximum Gasteiger partial charge on any atom is 0.325 e. The number of hydroxylamine groups is 1. The van der Waals surface area contributed by atoms with Crippen molar-refractivity contribution < 1.29 is 20.2 Å². The second kappa shape index (κ2) is 3.39. The maximum atomic E-state index is 9.99. The van der Waals surface area contributed by atoms with Gasteiger partial charge in [-0.1, -0.05) is 0 Å². The zero-order chi connectivity index (χ0) is 7.44. The first kappa shape index (κ1) is 8.35. The Kier molecular flexibility index (Phi) is 3.15. The molecule has 0 rings (SSSR count). The Balaban J connectivity index is 3.83. The zero-order valence-electron chi connectivity index (χ0n) is 4.90. The molecule has 0 heterocycles. The van der Waals surface area contributed by atoms with E-state index < -0.39 is 18.1 Å². The third-order valence-electron chi connectivity index (χ3n) is 0.888. The predicted molar refractivity (Wildman–Crippen MR) is 28.0 cm³/mol. The van der Waals surface area contributed by atoms with E-state index in [1.807, 2.05) is 0 Å². The number of hydrogen-bond acceptors (Lipinski definition) is 4. The number of hydrogen-bond donors (Lipinski definition) is 4.